The van der Waals surface area contributed by atoms with Gasteiger partial charge in [-0.25, -0.2) is 14.2 Å². The van der Waals surface area contributed by atoms with Gasteiger partial charge in [-0.3, -0.25) is 4.79 Å². The van der Waals surface area contributed by atoms with Crippen LogP contribution in [-0.4, -0.2) is 33.7 Å². The van der Waals surface area contributed by atoms with Gasteiger partial charge in [0.15, 0.2) is 5.69 Å². The molecular formula is C26H19FN2O5. The normalized spacial score (nSPS) is 10.5. The Morgan fingerprint density at radius 1 is 0.824 bits per heavy atom. The average molecular weight is 458 g/mol. The van der Waals surface area contributed by atoms with Crippen LogP contribution in [-0.2, 0) is 4.79 Å². The predicted octanol–water partition coefficient (Wildman–Crippen LogP) is 5.60. The van der Waals surface area contributed by atoms with Crippen LogP contribution >= 0.6 is 0 Å². The van der Waals surface area contributed by atoms with Crippen molar-refractivity contribution in [1.82, 2.24) is 4.98 Å². The van der Waals surface area contributed by atoms with E-state index < -0.39 is 11.9 Å². The molecule has 0 amide bonds. The molecule has 3 aromatic carbocycles. The van der Waals surface area contributed by atoms with Gasteiger partial charge >= 0.3 is 11.9 Å². The zero-order valence-corrected chi connectivity index (χ0v) is 17.8. The summed E-state index contributed by atoms with van der Waals surface area (Å²) in [5.74, 6) is -1.70. The van der Waals surface area contributed by atoms with Crippen molar-refractivity contribution < 1.29 is 28.9 Å². The first-order valence-electron chi connectivity index (χ1n) is 10.2. The molecule has 0 fully saturated rings. The van der Waals surface area contributed by atoms with Gasteiger partial charge in [0.25, 0.3) is 0 Å². The summed E-state index contributed by atoms with van der Waals surface area (Å²) in [5, 5.41) is 19.0. The lowest BCUT2D eigenvalue weighted by Gasteiger charge is -2.24. The first-order valence-corrected chi connectivity index (χ1v) is 10.2. The molecule has 0 aliphatic rings. The molecule has 7 nitrogen and oxygen atoms in total. The number of nitrogens with zero attached hydrogens (tertiary/aromatic N) is 2. The van der Waals surface area contributed by atoms with E-state index in [-0.39, 0.29) is 18.1 Å². The lowest BCUT2D eigenvalue weighted by Crippen LogP contribution is -2.25. The minimum Gasteiger partial charge on any atom is -0.480 e. The van der Waals surface area contributed by atoms with E-state index in [4.69, 9.17) is 4.74 Å². The third kappa shape index (κ3) is 5.36. The molecule has 0 atom stereocenters. The van der Waals surface area contributed by atoms with Crippen LogP contribution in [0.1, 0.15) is 10.5 Å². The fourth-order valence-electron chi connectivity index (χ4n) is 3.34. The molecule has 0 radical (unpaired) electrons. The van der Waals surface area contributed by atoms with Crippen molar-refractivity contribution in [3.63, 3.8) is 0 Å². The van der Waals surface area contributed by atoms with Gasteiger partial charge in [0, 0.05) is 16.9 Å². The van der Waals surface area contributed by atoms with Gasteiger partial charge in [0.1, 0.15) is 23.9 Å². The van der Waals surface area contributed by atoms with Gasteiger partial charge in [0.2, 0.25) is 0 Å². The summed E-state index contributed by atoms with van der Waals surface area (Å²) < 4.78 is 18.8. The molecule has 8 heteroatoms. The van der Waals surface area contributed by atoms with E-state index in [2.05, 4.69) is 4.98 Å². The summed E-state index contributed by atoms with van der Waals surface area (Å²) in [6.45, 7) is -0.364. The molecule has 170 valence electrons. The molecule has 0 aliphatic carbocycles. The Balaban J connectivity index is 1.69. The Bertz CT molecular complexity index is 1310. The monoisotopic (exact) mass is 458 g/mol. The molecule has 0 unspecified atom stereocenters. The number of hydrogen-bond acceptors (Lipinski definition) is 5. The molecule has 2 N–H and O–H groups in total. The minimum absolute atomic E-state index is 0.217. The molecule has 1 aromatic heterocycles. The number of aliphatic carboxylic acids is 1. The standard InChI is InChI=1S/C26H19FN2O5/c27-18-8-12-22(13-9-18)34-21-10-6-17(7-11-21)23-14-20(15-24(28-23)26(32)33)29(16-25(30)31)19-4-2-1-3-5-19/h1-15H,16H2,(H,30,31)(H,32,33). The maximum Gasteiger partial charge on any atom is 0.354 e. The average Bonchev–Trinajstić information content (AvgIpc) is 2.84. The number of ether oxygens (including phenoxy) is 1. The highest BCUT2D eigenvalue weighted by Gasteiger charge is 2.18. The van der Waals surface area contributed by atoms with Crippen molar-refractivity contribution in [1.29, 1.82) is 0 Å². The second kappa shape index (κ2) is 9.83. The second-order valence-corrected chi connectivity index (χ2v) is 7.30. The van der Waals surface area contributed by atoms with E-state index in [1.54, 1.807) is 60.7 Å². The molecule has 4 aromatic rings. The van der Waals surface area contributed by atoms with E-state index in [9.17, 15) is 24.2 Å². The number of anilines is 2. The third-order valence-electron chi connectivity index (χ3n) is 4.90. The zero-order chi connectivity index (χ0) is 24.1. The van der Waals surface area contributed by atoms with Crippen LogP contribution in [0.4, 0.5) is 15.8 Å². The SMILES string of the molecule is O=C(O)CN(c1ccccc1)c1cc(C(=O)O)nc(-c2ccc(Oc3ccc(F)cc3)cc2)c1. The van der Waals surface area contributed by atoms with Gasteiger partial charge in [-0.1, -0.05) is 18.2 Å². The summed E-state index contributed by atoms with van der Waals surface area (Å²) >= 11 is 0. The number of carbonyl (C=O) groups is 2. The lowest BCUT2D eigenvalue weighted by molar-refractivity contribution is -0.135. The van der Waals surface area contributed by atoms with E-state index in [0.717, 1.165) is 0 Å². The predicted molar refractivity (Wildman–Crippen MR) is 124 cm³/mol. The zero-order valence-electron chi connectivity index (χ0n) is 17.8. The van der Waals surface area contributed by atoms with E-state index in [0.29, 0.717) is 34.1 Å². The molecular weight excluding hydrogens is 439 g/mol. The van der Waals surface area contributed by atoms with Gasteiger partial charge in [0.05, 0.1) is 5.69 Å². The van der Waals surface area contributed by atoms with Crippen LogP contribution in [0.25, 0.3) is 11.3 Å². The first kappa shape index (κ1) is 22.5. The number of carboxylic acid groups (broad SMARTS) is 2. The highest BCUT2D eigenvalue weighted by atomic mass is 19.1. The van der Waals surface area contributed by atoms with Crippen molar-refractivity contribution in [3.05, 3.63) is 103 Å². The number of para-hydroxylation sites is 1. The van der Waals surface area contributed by atoms with Crippen LogP contribution in [0, 0.1) is 5.82 Å². The number of aromatic carboxylic acids is 1. The fourth-order valence-corrected chi connectivity index (χ4v) is 3.34. The molecule has 0 saturated heterocycles. The quantitative estimate of drug-likeness (QED) is 0.354. The molecule has 0 bridgehead atoms. The van der Waals surface area contributed by atoms with Crippen molar-refractivity contribution in [2.45, 2.75) is 0 Å². The summed E-state index contributed by atoms with van der Waals surface area (Å²) in [6, 6.07) is 24.2. The van der Waals surface area contributed by atoms with Crippen molar-refractivity contribution in [2.75, 3.05) is 11.4 Å². The summed E-state index contributed by atoms with van der Waals surface area (Å²) in [6.07, 6.45) is 0. The Hall–Kier alpha value is -4.72. The van der Waals surface area contributed by atoms with E-state index in [1.807, 2.05) is 0 Å². The maximum absolute atomic E-state index is 13.1. The van der Waals surface area contributed by atoms with Crippen molar-refractivity contribution in [2.24, 2.45) is 0 Å². The molecule has 1 heterocycles. The molecule has 4 rings (SSSR count). The number of hydrogen-bond donors (Lipinski definition) is 2. The third-order valence-corrected chi connectivity index (χ3v) is 4.90. The number of halogens is 1. The Labute approximate surface area is 194 Å². The van der Waals surface area contributed by atoms with Crippen LogP contribution in [0.3, 0.4) is 0 Å². The fraction of sp³-hybridized carbons (Fsp3) is 0.0385. The Morgan fingerprint density at radius 2 is 1.44 bits per heavy atom. The molecule has 0 spiro atoms. The molecule has 0 aliphatic heterocycles. The van der Waals surface area contributed by atoms with E-state index >= 15 is 0 Å². The number of rotatable bonds is 8. The number of aromatic nitrogens is 1. The summed E-state index contributed by atoms with van der Waals surface area (Å²) in [5.41, 5.74) is 1.73. The first-order chi connectivity index (χ1) is 16.4. The van der Waals surface area contributed by atoms with Crippen LogP contribution in [0.2, 0.25) is 0 Å². The summed E-state index contributed by atoms with van der Waals surface area (Å²) in [4.78, 5) is 29.0. The highest BCUT2D eigenvalue weighted by Crippen LogP contribution is 2.31. The Morgan fingerprint density at radius 3 is 2.03 bits per heavy atom. The van der Waals surface area contributed by atoms with Crippen molar-refractivity contribution in [3.8, 4) is 22.8 Å². The number of benzene rings is 3. The molecule has 34 heavy (non-hydrogen) atoms. The van der Waals surface area contributed by atoms with Crippen LogP contribution in [0.15, 0.2) is 91.0 Å². The molecule has 0 saturated carbocycles. The van der Waals surface area contributed by atoms with E-state index in [1.165, 1.54) is 35.2 Å². The largest absolute Gasteiger partial charge is 0.480 e. The van der Waals surface area contributed by atoms with Crippen LogP contribution < -0.4 is 9.64 Å². The second-order valence-electron chi connectivity index (χ2n) is 7.30. The smallest absolute Gasteiger partial charge is 0.354 e. The van der Waals surface area contributed by atoms with Crippen molar-refractivity contribution >= 4 is 23.3 Å². The van der Waals surface area contributed by atoms with Crippen LogP contribution in [0.5, 0.6) is 11.5 Å². The maximum atomic E-state index is 13.1. The topological polar surface area (TPSA) is 100.0 Å². The number of pyridine rings is 1. The van der Waals surface area contributed by atoms with Gasteiger partial charge in [-0.2, -0.15) is 0 Å². The minimum atomic E-state index is -1.23. The lowest BCUT2D eigenvalue weighted by atomic mass is 10.1. The summed E-state index contributed by atoms with van der Waals surface area (Å²) in [7, 11) is 0. The van der Waals surface area contributed by atoms with Gasteiger partial charge in [-0.15, -0.1) is 0 Å². The van der Waals surface area contributed by atoms with Gasteiger partial charge in [-0.05, 0) is 72.8 Å². The highest BCUT2D eigenvalue weighted by molar-refractivity contribution is 5.89. The van der Waals surface area contributed by atoms with Gasteiger partial charge < -0.3 is 19.8 Å². The number of carboxylic acids is 2. The Kier molecular flexibility index (Phi) is 6.49.